The molecule has 0 aliphatic carbocycles. The lowest BCUT2D eigenvalue weighted by atomic mass is 9.92. The van der Waals surface area contributed by atoms with E-state index in [0.717, 1.165) is 13.1 Å². The summed E-state index contributed by atoms with van der Waals surface area (Å²) in [5.41, 5.74) is 2.49. The van der Waals surface area contributed by atoms with Crippen LogP contribution in [0.1, 0.15) is 37.3 Å². The topological polar surface area (TPSA) is 46.2 Å². The van der Waals surface area contributed by atoms with Gasteiger partial charge in [-0.25, -0.2) is 8.42 Å². The first-order valence-electron chi connectivity index (χ1n) is 6.96. The highest BCUT2D eigenvalue weighted by Gasteiger charge is 2.17. The molecule has 0 aromatic heterocycles. The average molecular weight is 283 g/mol. The van der Waals surface area contributed by atoms with Gasteiger partial charge in [0.05, 0.1) is 5.75 Å². The van der Waals surface area contributed by atoms with Crippen molar-refractivity contribution in [1.82, 2.24) is 5.32 Å². The number of aryl methyl sites for hydroxylation is 1. The molecule has 1 rings (SSSR count). The molecular formula is C15H25NO2S. The first kappa shape index (κ1) is 16.2. The summed E-state index contributed by atoms with van der Waals surface area (Å²) in [6.07, 6.45) is 0.689. The number of hydrogen-bond donors (Lipinski definition) is 1. The molecule has 0 aliphatic heterocycles. The zero-order chi connectivity index (χ0) is 14.3. The van der Waals surface area contributed by atoms with Crippen molar-refractivity contribution >= 4 is 9.84 Å². The Bertz CT molecular complexity index is 483. The van der Waals surface area contributed by atoms with E-state index in [9.17, 15) is 8.42 Å². The Morgan fingerprint density at radius 1 is 1.21 bits per heavy atom. The van der Waals surface area contributed by atoms with Crippen LogP contribution in [0.2, 0.25) is 0 Å². The van der Waals surface area contributed by atoms with Gasteiger partial charge in [0.1, 0.15) is 9.84 Å². The summed E-state index contributed by atoms with van der Waals surface area (Å²) in [6, 6.07) is 8.24. The highest BCUT2D eigenvalue weighted by molar-refractivity contribution is 7.91. The van der Waals surface area contributed by atoms with Crippen LogP contribution in [-0.2, 0) is 9.84 Å². The molecule has 0 heterocycles. The van der Waals surface area contributed by atoms with E-state index in [1.54, 1.807) is 6.92 Å². The summed E-state index contributed by atoms with van der Waals surface area (Å²) >= 11 is 0. The molecule has 0 bridgehead atoms. The molecule has 0 spiro atoms. The minimum absolute atomic E-state index is 0.231. The summed E-state index contributed by atoms with van der Waals surface area (Å²) in [7, 11) is -2.89. The maximum Gasteiger partial charge on any atom is 0.150 e. The van der Waals surface area contributed by atoms with E-state index in [-0.39, 0.29) is 17.4 Å². The molecule has 1 N–H and O–H groups in total. The zero-order valence-corrected chi connectivity index (χ0v) is 13.0. The number of likely N-dealkylation sites (N-methyl/N-ethyl adjacent to an activating group) is 1. The fourth-order valence-electron chi connectivity index (χ4n) is 2.20. The Balaban J connectivity index is 2.81. The predicted molar refractivity (Wildman–Crippen MR) is 81.4 cm³/mol. The van der Waals surface area contributed by atoms with Gasteiger partial charge in [0.25, 0.3) is 0 Å². The first-order chi connectivity index (χ1) is 9.00. The van der Waals surface area contributed by atoms with Crippen molar-refractivity contribution in [2.75, 3.05) is 24.6 Å². The van der Waals surface area contributed by atoms with Gasteiger partial charge < -0.3 is 5.32 Å². The third-order valence-corrected chi connectivity index (χ3v) is 5.22. The standard InChI is InChI=1S/C15H25NO2S/c1-4-16-12-14(10-11-19(17,18)5-2)15-9-7-6-8-13(15)3/h6-9,14,16H,4-5,10-12H2,1-3H3. The molecule has 19 heavy (non-hydrogen) atoms. The first-order valence-corrected chi connectivity index (χ1v) is 8.79. The van der Waals surface area contributed by atoms with Crippen LogP contribution < -0.4 is 5.32 Å². The van der Waals surface area contributed by atoms with Crippen molar-refractivity contribution in [1.29, 1.82) is 0 Å². The Morgan fingerprint density at radius 3 is 2.47 bits per heavy atom. The van der Waals surface area contributed by atoms with Crippen molar-refractivity contribution in [3.63, 3.8) is 0 Å². The molecule has 0 aliphatic rings. The van der Waals surface area contributed by atoms with Gasteiger partial charge in [-0.3, -0.25) is 0 Å². The lowest BCUT2D eigenvalue weighted by molar-refractivity contribution is 0.563. The maximum atomic E-state index is 11.7. The fourth-order valence-corrected chi connectivity index (χ4v) is 3.13. The highest BCUT2D eigenvalue weighted by Crippen LogP contribution is 2.23. The molecule has 108 valence electrons. The molecule has 0 amide bonds. The van der Waals surface area contributed by atoms with Crippen molar-refractivity contribution in [2.45, 2.75) is 33.1 Å². The van der Waals surface area contributed by atoms with Gasteiger partial charge in [-0.1, -0.05) is 38.1 Å². The van der Waals surface area contributed by atoms with Gasteiger partial charge in [-0.2, -0.15) is 0 Å². The van der Waals surface area contributed by atoms with Crippen molar-refractivity contribution < 1.29 is 8.42 Å². The quantitative estimate of drug-likeness (QED) is 0.797. The summed E-state index contributed by atoms with van der Waals surface area (Å²) < 4.78 is 23.3. The van der Waals surface area contributed by atoms with E-state index in [1.807, 2.05) is 12.1 Å². The van der Waals surface area contributed by atoms with Crippen LogP contribution in [0.15, 0.2) is 24.3 Å². The van der Waals surface area contributed by atoms with Gasteiger partial charge in [0, 0.05) is 12.3 Å². The van der Waals surface area contributed by atoms with E-state index in [1.165, 1.54) is 11.1 Å². The van der Waals surface area contributed by atoms with Crippen molar-refractivity contribution in [3.8, 4) is 0 Å². The summed E-state index contributed by atoms with van der Waals surface area (Å²) in [4.78, 5) is 0. The lowest BCUT2D eigenvalue weighted by Crippen LogP contribution is -2.24. The minimum Gasteiger partial charge on any atom is -0.316 e. The van der Waals surface area contributed by atoms with Crippen LogP contribution in [-0.4, -0.2) is 33.0 Å². The number of rotatable bonds is 8. The number of sulfone groups is 1. The van der Waals surface area contributed by atoms with Gasteiger partial charge in [-0.05, 0) is 36.9 Å². The third-order valence-electron chi connectivity index (χ3n) is 3.49. The Morgan fingerprint density at radius 2 is 1.89 bits per heavy atom. The van der Waals surface area contributed by atoms with Crippen LogP contribution in [0.25, 0.3) is 0 Å². The van der Waals surface area contributed by atoms with Crippen LogP contribution >= 0.6 is 0 Å². The molecule has 1 atom stereocenters. The van der Waals surface area contributed by atoms with E-state index in [2.05, 4.69) is 31.3 Å². The molecule has 0 saturated heterocycles. The Hall–Kier alpha value is -0.870. The third kappa shape index (κ3) is 5.33. The zero-order valence-electron chi connectivity index (χ0n) is 12.1. The smallest absolute Gasteiger partial charge is 0.150 e. The van der Waals surface area contributed by atoms with E-state index in [0.29, 0.717) is 6.42 Å². The monoisotopic (exact) mass is 283 g/mol. The summed E-state index contributed by atoms with van der Waals surface area (Å²) in [6.45, 7) is 7.60. The van der Waals surface area contributed by atoms with Crippen LogP contribution in [0, 0.1) is 6.92 Å². The molecule has 0 radical (unpaired) electrons. The normalized spacial score (nSPS) is 13.4. The van der Waals surface area contributed by atoms with Crippen molar-refractivity contribution in [2.24, 2.45) is 0 Å². The molecule has 3 nitrogen and oxygen atoms in total. The van der Waals surface area contributed by atoms with Crippen LogP contribution in [0.5, 0.6) is 0 Å². The maximum absolute atomic E-state index is 11.7. The van der Waals surface area contributed by atoms with Crippen molar-refractivity contribution in [3.05, 3.63) is 35.4 Å². The van der Waals surface area contributed by atoms with E-state index < -0.39 is 9.84 Å². The Kier molecular flexibility index (Phi) is 6.52. The van der Waals surface area contributed by atoms with Gasteiger partial charge in [-0.15, -0.1) is 0 Å². The average Bonchev–Trinajstić information content (AvgIpc) is 2.40. The second-order valence-electron chi connectivity index (χ2n) is 4.89. The van der Waals surface area contributed by atoms with Crippen LogP contribution in [0.3, 0.4) is 0 Å². The van der Waals surface area contributed by atoms with E-state index in [4.69, 9.17) is 0 Å². The molecule has 0 fully saturated rings. The number of hydrogen-bond acceptors (Lipinski definition) is 3. The highest BCUT2D eigenvalue weighted by atomic mass is 32.2. The SMILES string of the molecule is CCNCC(CCS(=O)(=O)CC)c1ccccc1C. The van der Waals surface area contributed by atoms with Crippen LogP contribution in [0.4, 0.5) is 0 Å². The second-order valence-corrected chi connectivity index (χ2v) is 7.36. The largest absolute Gasteiger partial charge is 0.316 e. The lowest BCUT2D eigenvalue weighted by Gasteiger charge is -2.19. The predicted octanol–water partition coefficient (Wildman–Crippen LogP) is 2.51. The molecule has 1 aromatic carbocycles. The fraction of sp³-hybridized carbons (Fsp3) is 0.600. The second kappa shape index (κ2) is 7.65. The summed E-state index contributed by atoms with van der Waals surface area (Å²) in [5, 5.41) is 3.33. The molecule has 4 heteroatoms. The molecule has 1 unspecified atom stereocenters. The molecular weight excluding hydrogens is 258 g/mol. The van der Waals surface area contributed by atoms with Gasteiger partial charge >= 0.3 is 0 Å². The van der Waals surface area contributed by atoms with Gasteiger partial charge in [0.15, 0.2) is 0 Å². The number of benzene rings is 1. The molecule has 1 aromatic rings. The van der Waals surface area contributed by atoms with Gasteiger partial charge in [0.2, 0.25) is 0 Å². The summed E-state index contributed by atoms with van der Waals surface area (Å²) in [5.74, 6) is 0.769. The minimum atomic E-state index is -2.89. The molecule has 0 saturated carbocycles. The Labute approximate surface area is 117 Å². The number of nitrogens with one attached hydrogen (secondary N) is 1. The van der Waals surface area contributed by atoms with E-state index >= 15 is 0 Å².